The smallest absolute Gasteiger partial charge is 0.416 e. The van der Waals surface area contributed by atoms with Gasteiger partial charge in [-0.1, -0.05) is 31.9 Å². The molecule has 3 rings (SSSR count). The molecule has 0 bridgehead atoms. The van der Waals surface area contributed by atoms with Crippen molar-refractivity contribution >= 4 is 17.4 Å². The van der Waals surface area contributed by atoms with Gasteiger partial charge in [0.2, 0.25) is 0 Å². The number of benzene rings is 2. The van der Waals surface area contributed by atoms with Crippen LogP contribution in [0.15, 0.2) is 66.9 Å². The average Bonchev–Trinajstić information content (AvgIpc) is 2.90. The van der Waals surface area contributed by atoms with E-state index >= 15 is 0 Å². The molecular formula is C29H31F3N2O4. The minimum atomic E-state index is -4.38. The maximum atomic E-state index is 12.8. The Morgan fingerprint density at radius 2 is 1.68 bits per heavy atom. The normalized spacial score (nSPS) is 12.1. The summed E-state index contributed by atoms with van der Waals surface area (Å²) >= 11 is 0. The summed E-state index contributed by atoms with van der Waals surface area (Å²) < 4.78 is 44.3. The molecule has 0 saturated carbocycles. The van der Waals surface area contributed by atoms with E-state index in [4.69, 9.17) is 9.84 Å². The number of hydrogen-bond donors (Lipinski definition) is 2. The molecule has 202 valence electrons. The van der Waals surface area contributed by atoms with Crippen molar-refractivity contribution in [2.75, 3.05) is 11.9 Å². The maximum Gasteiger partial charge on any atom is 0.416 e. The number of carboxylic acid groups (broad SMARTS) is 1. The highest BCUT2D eigenvalue weighted by molar-refractivity contribution is 5.96. The molecule has 2 aromatic carbocycles. The van der Waals surface area contributed by atoms with Gasteiger partial charge in [-0.05, 0) is 61.4 Å². The standard InChI is InChI=1S/C29H31F3N2O4/c1-2-3-5-24(34-23-14-10-21(11-15-23)27(35)6-4-7-28(36)37)19-38-25-16-17-26(33-18-25)20-8-12-22(13-9-20)29(30,31)32/h8-18,24,34H,2-7,19H2,1H3,(H,36,37)/t24-/m0/s1. The van der Waals surface area contributed by atoms with E-state index in [0.29, 0.717) is 35.6 Å². The van der Waals surface area contributed by atoms with E-state index in [9.17, 15) is 22.8 Å². The van der Waals surface area contributed by atoms with Gasteiger partial charge in [-0.2, -0.15) is 13.2 Å². The van der Waals surface area contributed by atoms with Crippen LogP contribution in [0.3, 0.4) is 0 Å². The number of aromatic nitrogens is 1. The Bertz CT molecular complexity index is 1180. The molecule has 0 saturated heterocycles. The number of carbonyl (C=O) groups is 2. The second kappa shape index (κ2) is 13.6. The Labute approximate surface area is 219 Å². The van der Waals surface area contributed by atoms with E-state index in [1.165, 1.54) is 12.1 Å². The Hall–Kier alpha value is -3.88. The van der Waals surface area contributed by atoms with Gasteiger partial charge in [0.15, 0.2) is 5.78 Å². The van der Waals surface area contributed by atoms with Crippen LogP contribution in [0.4, 0.5) is 18.9 Å². The van der Waals surface area contributed by atoms with Gasteiger partial charge < -0.3 is 15.2 Å². The van der Waals surface area contributed by atoms with Gasteiger partial charge in [0.1, 0.15) is 12.4 Å². The van der Waals surface area contributed by atoms with Gasteiger partial charge in [0.05, 0.1) is 23.5 Å². The third kappa shape index (κ3) is 8.90. The number of nitrogens with zero attached hydrogens (tertiary/aromatic N) is 1. The number of pyridine rings is 1. The second-order valence-corrected chi connectivity index (χ2v) is 9.00. The minimum absolute atomic E-state index is 0.00153. The first-order valence-electron chi connectivity index (χ1n) is 12.5. The molecule has 9 heteroatoms. The van der Waals surface area contributed by atoms with Crippen LogP contribution in [-0.2, 0) is 11.0 Å². The summed E-state index contributed by atoms with van der Waals surface area (Å²) in [6.07, 6.45) is 0.519. The van der Waals surface area contributed by atoms with Gasteiger partial charge in [0, 0.05) is 29.7 Å². The predicted octanol–water partition coefficient (Wildman–Crippen LogP) is 7.25. The zero-order valence-corrected chi connectivity index (χ0v) is 21.1. The molecule has 6 nitrogen and oxygen atoms in total. The van der Waals surface area contributed by atoms with Gasteiger partial charge in [-0.25, -0.2) is 0 Å². The fourth-order valence-corrected chi connectivity index (χ4v) is 3.84. The lowest BCUT2D eigenvalue weighted by Crippen LogP contribution is -2.27. The van der Waals surface area contributed by atoms with E-state index in [-0.39, 0.29) is 24.7 Å². The molecule has 1 aromatic heterocycles. The Kier molecular flexibility index (Phi) is 10.3. The number of carbonyl (C=O) groups excluding carboxylic acids is 1. The molecule has 0 fully saturated rings. The molecule has 0 radical (unpaired) electrons. The number of rotatable bonds is 14. The fraction of sp³-hybridized carbons (Fsp3) is 0.345. The first-order chi connectivity index (χ1) is 18.2. The van der Waals surface area contributed by atoms with Crippen LogP contribution in [0.2, 0.25) is 0 Å². The summed E-state index contributed by atoms with van der Waals surface area (Å²) in [5.41, 5.74) is 1.80. The summed E-state index contributed by atoms with van der Waals surface area (Å²) in [7, 11) is 0. The number of unbranched alkanes of at least 4 members (excludes halogenated alkanes) is 1. The molecule has 0 aliphatic heterocycles. The Balaban J connectivity index is 1.56. The van der Waals surface area contributed by atoms with Crippen molar-refractivity contribution in [2.24, 2.45) is 0 Å². The second-order valence-electron chi connectivity index (χ2n) is 9.00. The van der Waals surface area contributed by atoms with Crippen molar-refractivity contribution in [3.05, 3.63) is 78.0 Å². The van der Waals surface area contributed by atoms with E-state index in [2.05, 4.69) is 17.2 Å². The summed E-state index contributed by atoms with van der Waals surface area (Å²) in [5, 5.41) is 12.2. The monoisotopic (exact) mass is 528 g/mol. The van der Waals surface area contributed by atoms with Gasteiger partial charge in [-0.15, -0.1) is 0 Å². The van der Waals surface area contributed by atoms with Crippen LogP contribution in [0.1, 0.15) is 61.4 Å². The molecule has 2 N–H and O–H groups in total. The quantitative estimate of drug-likeness (QED) is 0.214. The van der Waals surface area contributed by atoms with Crippen LogP contribution < -0.4 is 10.1 Å². The van der Waals surface area contributed by atoms with Gasteiger partial charge in [-0.3, -0.25) is 14.6 Å². The number of carboxylic acids is 1. The van der Waals surface area contributed by atoms with Crippen LogP contribution in [0.25, 0.3) is 11.3 Å². The number of anilines is 1. The van der Waals surface area contributed by atoms with Gasteiger partial charge >= 0.3 is 12.1 Å². The maximum absolute atomic E-state index is 12.8. The zero-order valence-electron chi connectivity index (χ0n) is 21.1. The SMILES string of the molecule is CCCC[C@@H](COc1ccc(-c2ccc(C(F)(F)F)cc2)nc1)Nc1ccc(C(=O)CCCC(=O)O)cc1. The summed E-state index contributed by atoms with van der Waals surface area (Å²) in [4.78, 5) is 27.2. The van der Waals surface area contributed by atoms with Crippen molar-refractivity contribution in [1.82, 2.24) is 4.98 Å². The van der Waals surface area contributed by atoms with Crippen LogP contribution >= 0.6 is 0 Å². The Morgan fingerprint density at radius 1 is 0.974 bits per heavy atom. The number of hydrogen-bond acceptors (Lipinski definition) is 5. The molecule has 38 heavy (non-hydrogen) atoms. The largest absolute Gasteiger partial charge is 0.490 e. The summed E-state index contributed by atoms with van der Waals surface area (Å²) in [5.74, 6) is -0.453. The third-order valence-electron chi connectivity index (χ3n) is 5.97. The lowest BCUT2D eigenvalue weighted by Gasteiger charge is -2.20. The molecule has 0 aliphatic rings. The molecule has 1 heterocycles. The highest BCUT2D eigenvalue weighted by Crippen LogP contribution is 2.31. The highest BCUT2D eigenvalue weighted by atomic mass is 19.4. The van der Waals surface area contributed by atoms with E-state index in [1.54, 1.807) is 30.5 Å². The number of ether oxygens (including phenoxy) is 1. The van der Waals surface area contributed by atoms with Crippen LogP contribution in [-0.4, -0.2) is 34.5 Å². The number of alkyl halides is 3. The van der Waals surface area contributed by atoms with Crippen molar-refractivity contribution in [3.8, 4) is 17.0 Å². The average molecular weight is 529 g/mol. The number of Topliss-reactive ketones (excluding diaryl/α,β-unsaturated/α-hetero) is 1. The van der Waals surface area contributed by atoms with E-state index in [1.807, 2.05) is 12.1 Å². The topological polar surface area (TPSA) is 88.5 Å². The van der Waals surface area contributed by atoms with Crippen LogP contribution in [0, 0.1) is 0 Å². The highest BCUT2D eigenvalue weighted by Gasteiger charge is 2.30. The number of aliphatic carboxylic acids is 1. The molecule has 0 aliphatic carbocycles. The lowest BCUT2D eigenvalue weighted by molar-refractivity contribution is -0.138. The molecule has 0 spiro atoms. The molecule has 0 unspecified atom stereocenters. The molecule has 3 aromatic rings. The van der Waals surface area contributed by atoms with Crippen molar-refractivity contribution in [2.45, 2.75) is 57.7 Å². The first-order valence-corrected chi connectivity index (χ1v) is 12.5. The predicted molar refractivity (Wildman–Crippen MR) is 139 cm³/mol. The number of nitrogens with one attached hydrogen (secondary N) is 1. The van der Waals surface area contributed by atoms with Crippen molar-refractivity contribution in [3.63, 3.8) is 0 Å². The fourth-order valence-electron chi connectivity index (χ4n) is 3.84. The van der Waals surface area contributed by atoms with E-state index < -0.39 is 17.7 Å². The first kappa shape index (κ1) is 28.7. The minimum Gasteiger partial charge on any atom is -0.490 e. The van der Waals surface area contributed by atoms with Crippen LogP contribution in [0.5, 0.6) is 5.75 Å². The molecule has 0 amide bonds. The Morgan fingerprint density at radius 3 is 2.26 bits per heavy atom. The summed E-state index contributed by atoms with van der Waals surface area (Å²) in [6.45, 7) is 2.48. The molecule has 1 atom stereocenters. The van der Waals surface area contributed by atoms with Crippen molar-refractivity contribution < 1.29 is 32.6 Å². The zero-order chi connectivity index (χ0) is 27.5. The number of ketones is 1. The third-order valence-corrected chi connectivity index (χ3v) is 5.97. The van der Waals surface area contributed by atoms with E-state index in [0.717, 1.165) is 37.1 Å². The van der Waals surface area contributed by atoms with Crippen molar-refractivity contribution in [1.29, 1.82) is 0 Å². The molecular weight excluding hydrogens is 497 g/mol. The lowest BCUT2D eigenvalue weighted by atomic mass is 10.0. The summed E-state index contributed by atoms with van der Waals surface area (Å²) in [6, 6.07) is 15.4. The van der Waals surface area contributed by atoms with Gasteiger partial charge in [0.25, 0.3) is 0 Å². The number of halogens is 3.